The first-order chi connectivity index (χ1) is 30.9. The summed E-state index contributed by atoms with van der Waals surface area (Å²) in [4.78, 5) is 42.5. The van der Waals surface area contributed by atoms with Crippen molar-refractivity contribution in [2.24, 2.45) is 5.92 Å². The number of carbonyl (C=O) groups is 2. The first-order valence-corrected chi connectivity index (χ1v) is 23.3. The number of para-hydroxylation sites is 1. The van der Waals surface area contributed by atoms with Crippen LogP contribution < -0.4 is 20.3 Å². The lowest BCUT2D eigenvalue weighted by atomic mass is 9.91. The first-order valence-electron chi connectivity index (χ1n) is 22.5. The number of aliphatic hydroxyl groups excluding tert-OH is 1. The van der Waals surface area contributed by atoms with E-state index in [9.17, 15) is 19.8 Å². The van der Waals surface area contributed by atoms with Gasteiger partial charge >= 0.3 is 0 Å². The molecule has 17 heteroatoms. The normalized spacial score (nSPS) is 22.7. The van der Waals surface area contributed by atoms with Crippen LogP contribution in [0.2, 0.25) is 0 Å². The molecule has 0 saturated carbocycles. The highest BCUT2D eigenvalue weighted by atomic mass is 32.1. The second-order valence-corrected chi connectivity index (χ2v) is 19.0. The molecule has 0 radical (unpaired) electrons. The molecule has 9 rings (SSSR count). The van der Waals surface area contributed by atoms with Gasteiger partial charge in [0.05, 0.1) is 45.7 Å². The molecule has 0 spiro atoms. The van der Waals surface area contributed by atoms with Crippen molar-refractivity contribution in [1.29, 1.82) is 0 Å². The number of β-amino-alcohol motifs (C(OH)–C–C–N with tert-alkyl or cyclic N) is 1. The Morgan fingerprint density at radius 1 is 1.00 bits per heavy atom. The van der Waals surface area contributed by atoms with Gasteiger partial charge in [-0.25, -0.2) is 4.98 Å². The number of nitrogens with zero attached hydrogens (tertiary/aromatic N) is 8. The summed E-state index contributed by atoms with van der Waals surface area (Å²) in [6.07, 6.45) is 0.218. The lowest BCUT2D eigenvalue weighted by Gasteiger charge is -2.47. The van der Waals surface area contributed by atoms with Gasteiger partial charge in [0, 0.05) is 69.9 Å². The van der Waals surface area contributed by atoms with Crippen LogP contribution in [0.1, 0.15) is 69.5 Å². The number of anilines is 2. The third-order valence-corrected chi connectivity index (χ3v) is 14.2. The Kier molecular flexibility index (Phi) is 12.6. The van der Waals surface area contributed by atoms with Gasteiger partial charge in [0.1, 0.15) is 23.8 Å². The minimum atomic E-state index is -0.826. The van der Waals surface area contributed by atoms with Gasteiger partial charge < -0.3 is 39.9 Å². The summed E-state index contributed by atoms with van der Waals surface area (Å²) < 4.78 is 12.1. The number of benzene rings is 2. The van der Waals surface area contributed by atoms with Crippen LogP contribution >= 0.6 is 11.3 Å². The van der Waals surface area contributed by atoms with Crippen LogP contribution in [0.5, 0.6) is 11.6 Å². The number of rotatable bonds is 13. The van der Waals surface area contributed by atoms with E-state index in [1.165, 1.54) is 4.90 Å². The Labute approximate surface area is 377 Å². The molecule has 7 heterocycles. The lowest BCUT2D eigenvalue weighted by molar-refractivity contribution is -0.141. The topological polar surface area (TPSA) is 186 Å². The zero-order valence-electron chi connectivity index (χ0n) is 37.1. The predicted molar refractivity (Wildman–Crippen MR) is 244 cm³/mol. The summed E-state index contributed by atoms with van der Waals surface area (Å²) in [6.45, 7) is 16.0. The molecule has 7 atom stereocenters. The van der Waals surface area contributed by atoms with Gasteiger partial charge in [-0.3, -0.25) is 19.4 Å². The number of aromatic hydroxyl groups is 1. The maximum absolute atomic E-state index is 14.3. The number of ether oxygens (including phenoxy) is 1. The van der Waals surface area contributed by atoms with Crippen molar-refractivity contribution in [2.45, 2.75) is 89.8 Å². The van der Waals surface area contributed by atoms with Crippen molar-refractivity contribution in [3.63, 3.8) is 0 Å². The summed E-state index contributed by atoms with van der Waals surface area (Å²) in [7, 11) is 0. The maximum atomic E-state index is 14.3. The molecule has 3 fully saturated rings. The second-order valence-electron chi connectivity index (χ2n) is 18.1. The number of phenolic OH excluding ortho intramolecular Hbond substituents is 1. The average Bonchev–Trinajstić information content (AvgIpc) is 4.12. The third-order valence-electron chi connectivity index (χ3n) is 13.3. The fourth-order valence-electron chi connectivity index (χ4n) is 9.94. The highest BCUT2D eigenvalue weighted by molar-refractivity contribution is 7.13. The molecule has 3 aromatic heterocycles. The van der Waals surface area contributed by atoms with E-state index in [0.717, 1.165) is 78.9 Å². The Bertz CT molecular complexity index is 2440. The van der Waals surface area contributed by atoms with Crippen molar-refractivity contribution in [3.05, 3.63) is 83.2 Å². The number of thiazole rings is 1. The highest BCUT2D eigenvalue weighted by Crippen LogP contribution is 2.37. The van der Waals surface area contributed by atoms with E-state index in [4.69, 9.17) is 9.26 Å². The molecule has 4 N–H and O–H groups in total. The molecule has 2 amide bonds. The number of hydrogen-bond donors (Lipinski definition) is 4. The number of phenols is 1. The largest absolute Gasteiger partial charge is 0.507 e. The minimum Gasteiger partial charge on any atom is -0.507 e. The van der Waals surface area contributed by atoms with Gasteiger partial charge in [-0.05, 0) is 74.1 Å². The maximum Gasteiger partial charge on any atom is 0.254 e. The van der Waals surface area contributed by atoms with E-state index < -0.39 is 18.1 Å². The quantitative estimate of drug-likeness (QED) is 0.119. The van der Waals surface area contributed by atoms with Crippen molar-refractivity contribution < 1.29 is 29.1 Å². The number of nitrogens with one attached hydrogen (secondary N) is 2. The van der Waals surface area contributed by atoms with Gasteiger partial charge in [0.2, 0.25) is 11.8 Å². The van der Waals surface area contributed by atoms with E-state index in [2.05, 4.69) is 45.7 Å². The highest BCUT2D eigenvalue weighted by Gasteiger charge is 2.44. The van der Waals surface area contributed by atoms with E-state index in [1.54, 1.807) is 29.5 Å². The summed E-state index contributed by atoms with van der Waals surface area (Å²) in [5, 5.41) is 40.8. The van der Waals surface area contributed by atoms with Crippen LogP contribution in [0.15, 0.2) is 70.7 Å². The molecular weight excluding hydrogens is 833 g/mol. The number of amides is 2. The summed E-state index contributed by atoms with van der Waals surface area (Å²) in [5.74, 6) is 0.156. The zero-order chi connectivity index (χ0) is 44.6. The van der Waals surface area contributed by atoms with E-state index in [-0.39, 0.29) is 54.6 Å². The van der Waals surface area contributed by atoms with Crippen LogP contribution in [0, 0.1) is 12.8 Å². The molecule has 4 aliphatic heterocycles. The van der Waals surface area contributed by atoms with Crippen LogP contribution in [0.25, 0.3) is 21.7 Å². The standard InChI is InChI=1S/C47H58N10O6S/c1-27(2)43(47(61)57-25-35(58)18-39(57)46(60)50-29(4)31-10-12-32(13-11-31)44-30(5)49-26-64-44)41-20-42(53-63-41)62-28(3)22-54-15-14-33(23-54)55-16-17-56-34(24-55)21-48-45-38(56)19-37(51-52-45)36-8-6-7-9-40(36)59/h6-13,19-20,26-29,33-35,39,43,58-59H,14-18,21-25H2,1-5H3,(H,48,52)(H,50,60)/t28-,29-,33+,34-,35+,39-,43+/m0/s1. The molecule has 64 heavy (non-hydrogen) atoms. The molecule has 0 aliphatic carbocycles. The zero-order valence-corrected chi connectivity index (χ0v) is 37.9. The Morgan fingerprint density at radius 3 is 2.58 bits per heavy atom. The van der Waals surface area contributed by atoms with Crippen molar-refractivity contribution >= 4 is 34.7 Å². The Morgan fingerprint density at radius 2 is 1.81 bits per heavy atom. The molecule has 338 valence electrons. The van der Waals surface area contributed by atoms with Gasteiger partial charge in [-0.1, -0.05) is 50.2 Å². The first kappa shape index (κ1) is 43.6. The summed E-state index contributed by atoms with van der Waals surface area (Å²) in [6, 6.07) is 18.6. The number of aliphatic hydroxyl groups is 1. The number of piperazine rings is 1. The summed E-state index contributed by atoms with van der Waals surface area (Å²) >= 11 is 1.59. The molecular formula is C47H58N10O6S. The number of hydrogen-bond acceptors (Lipinski definition) is 15. The Balaban J connectivity index is 0.773. The average molecular weight is 891 g/mol. The van der Waals surface area contributed by atoms with Crippen molar-refractivity contribution in [1.82, 2.24) is 40.4 Å². The molecule has 16 nitrogen and oxygen atoms in total. The van der Waals surface area contributed by atoms with Crippen LogP contribution in [0.3, 0.4) is 0 Å². The van der Waals surface area contributed by atoms with Gasteiger partial charge in [-0.15, -0.1) is 21.5 Å². The molecule has 3 saturated heterocycles. The fraction of sp³-hybridized carbons (Fsp3) is 0.489. The van der Waals surface area contributed by atoms with Gasteiger partial charge in [0.25, 0.3) is 5.88 Å². The monoisotopic (exact) mass is 890 g/mol. The predicted octanol–water partition coefficient (Wildman–Crippen LogP) is 5.31. The third kappa shape index (κ3) is 9.03. The van der Waals surface area contributed by atoms with Crippen molar-refractivity contribution in [3.8, 4) is 33.3 Å². The SMILES string of the molecule is Cc1ncsc1-c1ccc([C@H](C)NC(=O)[C@@H]2C[C@@H](O)CN2C(=O)[C@@H](c2cc(O[C@@H](C)CN3CC[C@@H](N4CCN5c6cc(-c7ccccc7O)nnc6NC[C@H]5C4)C3)no2)C(C)C)cc1. The number of fused-ring (bicyclic) bond motifs is 3. The second kappa shape index (κ2) is 18.5. The van der Waals surface area contributed by atoms with Gasteiger partial charge in [0.15, 0.2) is 11.6 Å². The number of likely N-dealkylation sites (tertiary alicyclic amines) is 2. The fourth-order valence-corrected chi connectivity index (χ4v) is 10.7. The molecule has 5 aromatic rings. The molecule has 0 bridgehead atoms. The number of aromatic nitrogens is 4. The Hall–Kier alpha value is -5.62. The number of carbonyl (C=O) groups excluding carboxylic acids is 2. The van der Waals surface area contributed by atoms with E-state index in [0.29, 0.717) is 35.5 Å². The smallest absolute Gasteiger partial charge is 0.254 e. The summed E-state index contributed by atoms with van der Waals surface area (Å²) in [5.41, 5.74) is 7.17. The molecule has 4 aliphatic rings. The van der Waals surface area contributed by atoms with Gasteiger partial charge in [-0.2, -0.15) is 0 Å². The molecule has 2 aromatic carbocycles. The van der Waals surface area contributed by atoms with E-state index in [1.807, 2.05) is 82.6 Å². The lowest BCUT2D eigenvalue weighted by Crippen LogP contribution is -2.60. The van der Waals surface area contributed by atoms with Crippen LogP contribution in [-0.4, -0.2) is 140 Å². The number of aryl methyl sites for hydroxylation is 1. The van der Waals surface area contributed by atoms with Crippen LogP contribution in [-0.2, 0) is 9.59 Å². The van der Waals surface area contributed by atoms with Crippen LogP contribution in [0.4, 0.5) is 11.5 Å². The van der Waals surface area contributed by atoms with E-state index >= 15 is 0 Å². The minimum absolute atomic E-state index is 0.0564. The molecule has 0 unspecified atom stereocenters. The van der Waals surface area contributed by atoms with Crippen molar-refractivity contribution in [2.75, 3.05) is 62.6 Å².